The first-order valence-electron chi connectivity index (χ1n) is 12.2. The Labute approximate surface area is 221 Å². The topological polar surface area (TPSA) is 108 Å². The molecule has 8 nitrogen and oxygen atoms in total. The molecular formula is C30H32O8. The van der Waals surface area contributed by atoms with Gasteiger partial charge in [-0.2, -0.15) is 0 Å². The van der Waals surface area contributed by atoms with E-state index in [2.05, 4.69) is 4.74 Å². The standard InChI is InChI=1S/C30H32O8/c1-6-18-8-11-20(12-9-18)27(32)26(30(34)37-5)24-17-23(29(33)36-4)22-16-19(7-2)10-13-21(22)28(24)38-15-14-25(31)35-3/h8-17,26-27,32H,6-7H2,1-5H3/b15-14+/t26-,27+/m1/s1. The van der Waals surface area contributed by atoms with Crippen molar-refractivity contribution in [1.82, 2.24) is 0 Å². The van der Waals surface area contributed by atoms with Crippen LogP contribution < -0.4 is 4.74 Å². The molecular weight excluding hydrogens is 488 g/mol. The molecule has 0 spiro atoms. The minimum atomic E-state index is -1.34. The number of ether oxygens (including phenoxy) is 4. The maximum Gasteiger partial charge on any atom is 0.338 e. The molecule has 0 unspecified atom stereocenters. The van der Waals surface area contributed by atoms with Gasteiger partial charge >= 0.3 is 17.9 Å². The highest BCUT2D eigenvalue weighted by Crippen LogP contribution is 2.43. The number of benzene rings is 3. The number of fused-ring (bicyclic) bond motifs is 1. The summed E-state index contributed by atoms with van der Waals surface area (Å²) in [5.74, 6) is -3.09. The lowest BCUT2D eigenvalue weighted by atomic mass is 9.85. The predicted octanol–water partition coefficient (Wildman–Crippen LogP) is 4.81. The van der Waals surface area contributed by atoms with Gasteiger partial charge in [-0.25, -0.2) is 9.59 Å². The van der Waals surface area contributed by atoms with Crippen LogP contribution in [0.3, 0.4) is 0 Å². The fourth-order valence-corrected chi connectivity index (χ4v) is 4.25. The summed E-state index contributed by atoms with van der Waals surface area (Å²) in [5.41, 5.74) is 2.90. The van der Waals surface area contributed by atoms with Crippen molar-refractivity contribution in [3.05, 3.63) is 88.7 Å². The van der Waals surface area contributed by atoms with Crippen molar-refractivity contribution in [3.8, 4) is 5.75 Å². The van der Waals surface area contributed by atoms with Crippen LogP contribution in [0.15, 0.2) is 60.9 Å². The van der Waals surface area contributed by atoms with Crippen LogP contribution in [0, 0.1) is 0 Å². The first kappa shape index (κ1) is 28.4. The zero-order valence-corrected chi connectivity index (χ0v) is 22.1. The first-order valence-corrected chi connectivity index (χ1v) is 12.2. The average Bonchev–Trinajstić information content (AvgIpc) is 2.96. The van der Waals surface area contributed by atoms with Crippen molar-refractivity contribution in [3.63, 3.8) is 0 Å². The molecule has 0 saturated carbocycles. The lowest BCUT2D eigenvalue weighted by Gasteiger charge is -2.25. The van der Waals surface area contributed by atoms with E-state index in [0.29, 0.717) is 22.8 Å². The third kappa shape index (κ3) is 6.03. The van der Waals surface area contributed by atoms with Crippen LogP contribution in [0.5, 0.6) is 5.75 Å². The molecule has 0 radical (unpaired) electrons. The zero-order valence-electron chi connectivity index (χ0n) is 22.1. The van der Waals surface area contributed by atoms with Gasteiger partial charge in [0, 0.05) is 16.3 Å². The first-order chi connectivity index (χ1) is 18.3. The van der Waals surface area contributed by atoms with Gasteiger partial charge in [-0.05, 0) is 35.6 Å². The third-order valence-corrected chi connectivity index (χ3v) is 6.42. The van der Waals surface area contributed by atoms with Gasteiger partial charge in [0.05, 0.1) is 45.3 Å². The maximum absolute atomic E-state index is 13.2. The van der Waals surface area contributed by atoms with E-state index in [1.807, 2.05) is 38.1 Å². The Hall–Kier alpha value is -4.17. The maximum atomic E-state index is 13.2. The smallest absolute Gasteiger partial charge is 0.338 e. The summed E-state index contributed by atoms with van der Waals surface area (Å²) >= 11 is 0. The zero-order chi connectivity index (χ0) is 27.8. The monoisotopic (exact) mass is 520 g/mol. The average molecular weight is 521 g/mol. The Morgan fingerprint density at radius 3 is 2.08 bits per heavy atom. The summed E-state index contributed by atoms with van der Waals surface area (Å²) in [6.07, 6.45) is 2.41. The van der Waals surface area contributed by atoms with E-state index in [9.17, 15) is 19.5 Å². The number of hydrogen-bond donors (Lipinski definition) is 1. The SMILES string of the molecule is CCc1ccc([C@H](O)[C@H](C(=O)OC)c2cc(C(=O)OC)c3cc(CC)ccc3c2O/C=C/C(=O)OC)cc1. The second-order valence-corrected chi connectivity index (χ2v) is 8.55. The van der Waals surface area contributed by atoms with Gasteiger partial charge in [0.25, 0.3) is 0 Å². The van der Waals surface area contributed by atoms with E-state index in [1.54, 1.807) is 18.2 Å². The van der Waals surface area contributed by atoms with Crippen LogP contribution in [0.1, 0.15) is 58.5 Å². The number of hydrogen-bond acceptors (Lipinski definition) is 8. The third-order valence-electron chi connectivity index (χ3n) is 6.42. The lowest BCUT2D eigenvalue weighted by Crippen LogP contribution is -2.23. The Morgan fingerprint density at radius 1 is 0.842 bits per heavy atom. The summed E-state index contributed by atoms with van der Waals surface area (Å²) in [7, 11) is 3.72. The summed E-state index contributed by atoms with van der Waals surface area (Å²) in [6, 6.07) is 14.2. The number of carbonyl (C=O) groups is 3. The van der Waals surface area contributed by atoms with E-state index in [0.717, 1.165) is 29.9 Å². The Bertz CT molecular complexity index is 1340. The highest BCUT2D eigenvalue weighted by molar-refractivity contribution is 6.08. The van der Waals surface area contributed by atoms with E-state index in [4.69, 9.17) is 14.2 Å². The van der Waals surface area contributed by atoms with Crippen LogP contribution in [-0.4, -0.2) is 44.3 Å². The predicted molar refractivity (Wildman–Crippen MR) is 142 cm³/mol. The van der Waals surface area contributed by atoms with Crippen molar-refractivity contribution in [2.45, 2.75) is 38.7 Å². The van der Waals surface area contributed by atoms with Crippen molar-refractivity contribution in [1.29, 1.82) is 0 Å². The molecule has 0 aliphatic rings. The number of methoxy groups -OCH3 is 3. The molecule has 0 aromatic heterocycles. The number of rotatable bonds is 10. The minimum Gasteiger partial charge on any atom is -0.468 e. The molecule has 0 fully saturated rings. The molecule has 0 saturated heterocycles. The molecule has 0 aliphatic carbocycles. The van der Waals surface area contributed by atoms with Gasteiger partial charge in [0.2, 0.25) is 0 Å². The minimum absolute atomic E-state index is 0.176. The molecule has 3 aromatic carbocycles. The van der Waals surface area contributed by atoms with E-state index >= 15 is 0 Å². The van der Waals surface area contributed by atoms with Crippen molar-refractivity contribution >= 4 is 28.7 Å². The quantitative estimate of drug-likeness (QED) is 0.176. The van der Waals surface area contributed by atoms with Crippen LogP contribution >= 0.6 is 0 Å². The van der Waals surface area contributed by atoms with E-state index in [-0.39, 0.29) is 16.9 Å². The van der Waals surface area contributed by atoms with Gasteiger partial charge in [0.15, 0.2) is 0 Å². The molecule has 3 aromatic rings. The Morgan fingerprint density at radius 2 is 1.50 bits per heavy atom. The van der Waals surface area contributed by atoms with Gasteiger partial charge in [0.1, 0.15) is 11.7 Å². The number of aliphatic hydroxyl groups excluding tert-OH is 1. The van der Waals surface area contributed by atoms with Gasteiger partial charge in [-0.15, -0.1) is 0 Å². The summed E-state index contributed by atoms with van der Waals surface area (Å²) in [6.45, 7) is 4.00. The number of aryl methyl sites for hydroxylation is 2. The van der Waals surface area contributed by atoms with Gasteiger partial charge < -0.3 is 24.1 Å². The van der Waals surface area contributed by atoms with Crippen LogP contribution in [0.2, 0.25) is 0 Å². The van der Waals surface area contributed by atoms with Crippen LogP contribution in [0.25, 0.3) is 10.8 Å². The summed E-state index contributed by atoms with van der Waals surface area (Å²) < 4.78 is 20.7. The highest BCUT2D eigenvalue weighted by Gasteiger charge is 2.35. The van der Waals surface area contributed by atoms with E-state index in [1.165, 1.54) is 27.4 Å². The number of aliphatic hydroxyl groups is 1. The highest BCUT2D eigenvalue weighted by atomic mass is 16.5. The molecule has 1 N–H and O–H groups in total. The summed E-state index contributed by atoms with van der Waals surface area (Å²) in [5, 5.41) is 12.5. The second kappa shape index (κ2) is 12.9. The van der Waals surface area contributed by atoms with E-state index < -0.39 is 29.9 Å². The molecule has 200 valence electrons. The fraction of sp³-hybridized carbons (Fsp3) is 0.300. The lowest BCUT2D eigenvalue weighted by molar-refractivity contribution is -0.145. The molecule has 0 aliphatic heterocycles. The largest absolute Gasteiger partial charge is 0.468 e. The molecule has 38 heavy (non-hydrogen) atoms. The van der Waals surface area contributed by atoms with Crippen molar-refractivity contribution < 1.29 is 38.4 Å². The molecule has 8 heteroatoms. The van der Waals surface area contributed by atoms with Crippen molar-refractivity contribution in [2.24, 2.45) is 0 Å². The van der Waals surface area contributed by atoms with Gasteiger partial charge in [-0.1, -0.05) is 56.3 Å². The number of carbonyl (C=O) groups excluding carboxylic acids is 3. The van der Waals surface area contributed by atoms with Crippen molar-refractivity contribution in [2.75, 3.05) is 21.3 Å². The van der Waals surface area contributed by atoms with Gasteiger partial charge in [-0.3, -0.25) is 4.79 Å². The molecule has 0 amide bonds. The molecule has 0 heterocycles. The molecule has 0 bridgehead atoms. The molecule has 3 rings (SSSR count). The van der Waals surface area contributed by atoms with Crippen LogP contribution in [-0.2, 0) is 36.6 Å². The normalized spacial score (nSPS) is 12.7. The summed E-state index contributed by atoms with van der Waals surface area (Å²) in [4.78, 5) is 37.7. The number of esters is 3. The van der Waals surface area contributed by atoms with Crippen LogP contribution in [0.4, 0.5) is 0 Å². The second-order valence-electron chi connectivity index (χ2n) is 8.55. The Balaban J connectivity index is 2.34. The Kier molecular flexibility index (Phi) is 9.62. The fourth-order valence-electron chi connectivity index (χ4n) is 4.25. The molecule has 2 atom stereocenters.